The van der Waals surface area contributed by atoms with E-state index in [-0.39, 0.29) is 12.5 Å². The molecule has 2 nitrogen and oxygen atoms in total. The summed E-state index contributed by atoms with van der Waals surface area (Å²) in [6, 6.07) is 18.9. The van der Waals surface area contributed by atoms with E-state index in [2.05, 4.69) is 55.1 Å². The Morgan fingerprint density at radius 3 is 2.09 bits per heavy atom. The molecule has 0 saturated heterocycles. The van der Waals surface area contributed by atoms with Crippen molar-refractivity contribution in [3.8, 4) is 0 Å². The van der Waals surface area contributed by atoms with Gasteiger partial charge in [0.15, 0.2) is 0 Å². The Balaban J connectivity index is 2.16. The lowest BCUT2D eigenvalue weighted by atomic mass is 9.92. The van der Waals surface area contributed by atoms with Crippen LogP contribution in [-0.4, -0.2) is 24.8 Å². The highest BCUT2D eigenvalue weighted by Crippen LogP contribution is 2.26. The van der Waals surface area contributed by atoms with Crippen LogP contribution >= 0.6 is 0 Å². The summed E-state index contributed by atoms with van der Waals surface area (Å²) in [5, 5.41) is 9.76. The zero-order chi connectivity index (χ0) is 15.8. The van der Waals surface area contributed by atoms with E-state index >= 15 is 0 Å². The van der Waals surface area contributed by atoms with Crippen molar-refractivity contribution in [1.82, 2.24) is 0 Å². The van der Waals surface area contributed by atoms with Crippen LogP contribution in [0.15, 0.2) is 54.6 Å². The number of aliphatic hydroxyl groups excluding tert-OH is 1. The summed E-state index contributed by atoms with van der Waals surface area (Å²) in [5.41, 5.74) is 3.60. The van der Waals surface area contributed by atoms with E-state index in [1.165, 1.54) is 24.1 Å². The molecule has 2 heteroatoms. The highest BCUT2D eigenvalue weighted by molar-refractivity contribution is 5.49. The first-order chi connectivity index (χ1) is 10.8. The Kier molecular flexibility index (Phi) is 6.47. The summed E-state index contributed by atoms with van der Waals surface area (Å²) >= 11 is 0. The molecule has 22 heavy (non-hydrogen) atoms. The maximum atomic E-state index is 9.76. The van der Waals surface area contributed by atoms with Gasteiger partial charge in [0, 0.05) is 24.7 Å². The molecule has 0 amide bonds. The molecule has 1 N–H and O–H groups in total. The monoisotopic (exact) mass is 297 g/mol. The van der Waals surface area contributed by atoms with Crippen molar-refractivity contribution in [3.63, 3.8) is 0 Å². The second-order valence-corrected chi connectivity index (χ2v) is 5.67. The highest BCUT2D eigenvalue weighted by atomic mass is 16.3. The van der Waals surface area contributed by atoms with Crippen molar-refractivity contribution in [3.05, 3.63) is 65.7 Å². The molecular weight excluding hydrogens is 270 g/mol. The van der Waals surface area contributed by atoms with E-state index in [4.69, 9.17) is 0 Å². The molecular formula is C20H27NO. The van der Waals surface area contributed by atoms with Gasteiger partial charge in [0.2, 0.25) is 0 Å². The third-order valence-electron chi connectivity index (χ3n) is 4.21. The maximum Gasteiger partial charge on any atom is 0.0540 e. The molecule has 0 aliphatic rings. The van der Waals surface area contributed by atoms with Crippen molar-refractivity contribution in [2.45, 2.75) is 32.6 Å². The topological polar surface area (TPSA) is 23.5 Å². The third kappa shape index (κ3) is 4.11. The summed E-state index contributed by atoms with van der Waals surface area (Å²) < 4.78 is 0. The van der Waals surface area contributed by atoms with Gasteiger partial charge >= 0.3 is 0 Å². The number of hydrogen-bond donors (Lipinski definition) is 1. The second kappa shape index (κ2) is 8.60. The largest absolute Gasteiger partial charge is 0.395 e. The van der Waals surface area contributed by atoms with Crippen LogP contribution in [-0.2, 0) is 0 Å². The third-order valence-corrected chi connectivity index (χ3v) is 4.21. The first-order valence-corrected chi connectivity index (χ1v) is 8.30. The number of hydrogen-bond acceptors (Lipinski definition) is 2. The minimum atomic E-state index is 0.0565. The van der Waals surface area contributed by atoms with Gasteiger partial charge in [0.05, 0.1) is 6.61 Å². The van der Waals surface area contributed by atoms with E-state index in [1.54, 1.807) is 0 Å². The van der Waals surface area contributed by atoms with E-state index in [0.717, 1.165) is 18.7 Å². The SMILES string of the molecule is CCCCN(CC)c1ccc([C@H](CO)c2ccccc2)cc1. The summed E-state index contributed by atoms with van der Waals surface area (Å²) in [6.07, 6.45) is 2.44. The Labute approximate surface area is 134 Å². The summed E-state index contributed by atoms with van der Waals surface area (Å²) in [7, 11) is 0. The molecule has 118 valence electrons. The average molecular weight is 297 g/mol. The van der Waals surface area contributed by atoms with Crippen molar-refractivity contribution in [2.75, 3.05) is 24.6 Å². The summed E-state index contributed by atoms with van der Waals surface area (Å²) in [5.74, 6) is 0.0565. The molecule has 2 aromatic carbocycles. The molecule has 0 aliphatic carbocycles. The van der Waals surface area contributed by atoms with E-state index in [1.807, 2.05) is 18.2 Å². The molecule has 0 radical (unpaired) electrons. The van der Waals surface area contributed by atoms with Crippen molar-refractivity contribution < 1.29 is 5.11 Å². The van der Waals surface area contributed by atoms with Crippen LogP contribution in [0.2, 0.25) is 0 Å². The van der Waals surface area contributed by atoms with Gasteiger partial charge in [0.1, 0.15) is 0 Å². The first-order valence-electron chi connectivity index (χ1n) is 8.30. The van der Waals surface area contributed by atoms with Gasteiger partial charge in [-0.05, 0) is 36.6 Å². The zero-order valence-corrected chi connectivity index (χ0v) is 13.7. The smallest absolute Gasteiger partial charge is 0.0540 e. The Morgan fingerprint density at radius 2 is 1.55 bits per heavy atom. The van der Waals surface area contributed by atoms with Gasteiger partial charge in [0.25, 0.3) is 0 Å². The minimum absolute atomic E-state index is 0.0565. The van der Waals surface area contributed by atoms with Crippen molar-refractivity contribution in [2.24, 2.45) is 0 Å². The van der Waals surface area contributed by atoms with Crippen LogP contribution in [0.25, 0.3) is 0 Å². The number of aliphatic hydroxyl groups is 1. The Morgan fingerprint density at radius 1 is 0.909 bits per heavy atom. The van der Waals surface area contributed by atoms with Gasteiger partial charge in [-0.15, -0.1) is 0 Å². The fraction of sp³-hybridized carbons (Fsp3) is 0.400. The molecule has 0 fully saturated rings. The van der Waals surface area contributed by atoms with Gasteiger partial charge in [-0.2, -0.15) is 0 Å². The molecule has 1 atom stereocenters. The highest BCUT2D eigenvalue weighted by Gasteiger charge is 2.13. The molecule has 0 aromatic heterocycles. The lowest BCUT2D eigenvalue weighted by molar-refractivity contribution is 0.280. The van der Waals surface area contributed by atoms with Crippen LogP contribution in [0.5, 0.6) is 0 Å². The van der Waals surface area contributed by atoms with Crippen LogP contribution < -0.4 is 4.90 Å². The molecule has 0 heterocycles. The van der Waals surface area contributed by atoms with Crippen LogP contribution in [0.3, 0.4) is 0 Å². The number of rotatable bonds is 8. The van der Waals surface area contributed by atoms with Gasteiger partial charge < -0.3 is 10.0 Å². The van der Waals surface area contributed by atoms with E-state index < -0.39 is 0 Å². The van der Waals surface area contributed by atoms with Crippen molar-refractivity contribution in [1.29, 1.82) is 0 Å². The second-order valence-electron chi connectivity index (χ2n) is 5.67. The maximum absolute atomic E-state index is 9.76. The predicted molar refractivity (Wildman–Crippen MR) is 94.6 cm³/mol. The molecule has 0 saturated carbocycles. The molecule has 0 aliphatic heterocycles. The van der Waals surface area contributed by atoms with Crippen molar-refractivity contribution >= 4 is 5.69 Å². The first kappa shape index (κ1) is 16.6. The molecule has 0 spiro atoms. The average Bonchev–Trinajstić information content (AvgIpc) is 2.58. The quantitative estimate of drug-likeness (QED) is 0.779. The minimum Gasteiger partial charge on any atom is -0.395 e. The lowest BCUT2D eigenvalue weighted by Crippen LogP contribution is -2.23. The van der Waals surface area contributed by atoms with E-state index in [9.17, 15) is 5.11 Å². The van der Waals surface area contributed by atoms with E-state index in [0.29, 0.717) is 0 Å². The fourth-order valence-electron chi connectivity index (χ4n) is 2.82. The lowest BCUT2D eigenvalue weighted by Gasteiger charge is -2.24. The zero-order valence-electron chi connectivity index (χ0n) is 13.7. The number of benzene rings is 2. The van der Waals surface area contributed by atoms with Crippen LogP contribution in [0.1, 0.15) is 43.7 Å². The van der Waals surface area contributed by atoms with Gasteiger partial charge in [-0.25, -0.2) is 0 Å². The molecule has 2 rings (SSSR count). The molecule has 0 unspecified atom stereocenters. The summed E-state index contributed by atoms with van der Waals surface area (Å²) in [6.45, 7) is 6.69. The number of nitrogens with zero attached hydrogens (tertiary/aromatic N) is 1. The normalized spacial score (nSPS) is 12.1. The van der Waals surface area contributed by atoms with Crippen LogP contribution in [0, 0.1) is 0 Å². The van der Waals surface area contributed by atoms with Crippen LogP contribution in [0.4, 0.5) is 5.69 Å². The Hall–Kier alpha value is -1.80. The fourth-order valence-corrected chi connectivity index (χ4v) is 2.82. The predicted octanol–water partition coefficient (Wildman–Crippen LogP) is 4.44. The number of unbranched alkanes of at least 4 members (excludes halogenated alkanes) is 1. The van der Waals surface area contributed by atoms with Gasteiger partial charge in [-0.3, -0.25) is 0 Å². The number of anilines is 1. The molecule has 2 aromatic rings. The summed E-state index contributed by atoms with van der Waals surface area (Å²) in [4.78, 5) is 2.41. The Bertz CT molecular complexity index is 535. The standard InChI is InChI=1S/C20H27NO/c1-3-5-15-21(4-2)19-13-11-18(12-14-19)20(16-22)17-9-7-6-8-10-17/h6-14,20,22H,3-5,15-16H2,1-2H3/t20-/m1/s1. The van der Waals surface area contributed by atoms with Gasteiger partial charge in [-0.1, -0.05) is 55.8 Å². The molecule has 0 bridgehead atoms.